The molecule has 2 saturated carbocycles. The smallest absolute Gasteiger partial charge is 0.190 e. The molecule has 10 atom stereocenters. The van der Waals surface area contributed by atoms with Crippen molar-refractivity contribution in [3.63, 3.8) is 0 Å². The first kappa shape index (κ1) is 20.9. The van der Waals surface area contributed by atoms with Gasteiger partial charge in [0, 0.05) is 25.7 Å². The van der Waals surface area contributed by atoms with Gasteiger partial charge in [-0.05, 0) is 25.7 Å². The molecule has 0 amide bonds. The fraction of sp³-hybridized carbons (Fsp3) is 1.00. The monoisotopic (exact) mass is 456 g/mol. The Balaban J connectivity index is 1.05. The van der Waals surface area contributed by atoms with Gasteiger partial charge in [-0.3, -0.25) is 0 Å². The predicted octanol–water partition coefficient (Wildman–Crippen LogP) is 1.01. The molecule has 0 aromatic heterocycles. The Morgan fingerprint density at radius 2 is 1.00 bits per heavy atom. The second kappa shape index (κ2) is 7.55. The highest BCUT2D eigenvalue weighted by atomic mass is 16.9. The maximum Gasteiger partial charge on any atom is 0.190 e. The van der Waals surface area contributed by atoms with E-state index in [4.69, 9.17) is 37.9 Å². The molecule has 10 heteroatoms. The van der Waals surface area contributed by atoms with Crippen LogP contribution in [0.4, 0.5) is 0 Å². The molecule has 7 aliphatic rings. The number of aliphatic hydroxyl groups is 2. The van der Waals surface area contributed by atoms with Crippen molar-refractivity contribution in [2.75, 3.05) is 0 Å². The van der Waals surface area contributed by atoms with Gasteiger partial charge in [0.15, 0.2) is 36.7 Å². The lowest BCUT2D eigenvalue weighted by Crippen LogP contribution is -2.57. The molecule has 0 aromatic carbocycles. The first-order valence-corrected chi connectivity index (χ1v) is 12.2. The van der Waals surface area contributed by atoms with Gasteiger partial charge in [0.25, 0.3) is 0 Å². The summed E-state index contributed by atoms with van der Waals surface area (Å²) in [4.78, 5) is 0. The van der Waals surface area contributed by atoms with Crippen molar-refractivity contribution in [3.05, 3.63) is 0 Å². The van der Waals surface area contributed by atoms with Gasteiger partial charge in [-0.2, -0.15) is 0 Å². The van der Waals surface area contributed by atoms with Crippen LogP contribution in [0.2, 0.25) is 0 Å². The van der Waals surface area contributed by atoms with E-state index < -0.39 is 73.4 Å². The van der Waals surface area contributed by atoms with E-state index in [9.17, 15) is 10.2 Å². The summed E-state index contributed by atoms with van der Waals surface area (Å²) in [6.45, 7) is 0. The van der Waals surface area contributed by atoms with E-state index in [2.05, 4.69) is 0 Å². The zero-order valence-electron chi connectivity index (χ0n) is 18.0. The van der Waals surface area contributed by atoms with E-state index in [1.165, 1.54) is 6.42 Å². The van der Waals surface area contributed by atoms with Crippen LogP contribution in [-0.4, -0.2) is 83.6 Å². The molecule has 2 N–H and O–H groups in total. The third-order valence-electron chi connectivity index (χ3n) is 8.15. The highest BCUT2D eigenvalue weighted by molar-refractivity contribution is 5.02. The molecule has 0 radical (unpaired) electrons. The molecule has 5 aliphatic heterocycles. The molecule has 0 aromatic rings. The maximum absolute atomic E-state index is 11.0. The van der Waals surface area contributed by atoms with Gasteiger partial charge in [-0.1, -0.05) is 12.8 Å². The molecule has 2 unspecified atom stereocenters. The highest BCUT2D eigenvalue weighted by Crippen LogP contribution is 2.49. The number of hydrogen-bond donors (Lipinski definition) is 2. The lowest BCUT2D eigenvalue weighted by molar-refractivity contribution is -0.376. The number of aliphatic hydroxyl groups excluding tert-OH is 2. The molecule has 7 rings (SSSR count). The molecule has 7 fully saturated rings. The van der Waals surface area contributed by atoms with E-state index in [-0.39, 0.29) is 0 Å². The topological polar surface area (TPSA) is 114 Å². The fourth-order valence-electron chi connectivity index (χ4n) is 6.54. The molecular weight excluding hydrogens is 424 g/mol. The van der Waals surface area contributed by atoms with Crippen molar-refractivity contribution in [3.8, 4) is 0 Å². The van der Waals surface area contributed by atoms with Crippen LogP contribution in [0.25, 0.3) is 0 Å². The van der Waals surface area contributed by atoms with Crippen LogP contribution in [-0.2, 0) is 37.9 Å². The van der Waals surface area contributed by atoms with E-state index in [0.717, 1.165) is 57.8 Å². The summed E-state index contributed by atoms with van der Waals surface area (Å²) in [7, 11) is 0. The first-order valence-electron chi connectivity index (χ1n) is 12.2. The van der Waals surface area contributed by atoms with Gasteiger partial charge in [-0.15, -0.1) is 0 Å². The summed E-state index contributed by atoms with van der Waals surface area (Å²) in [5, 5.41) is 21.6. The predicted molar refractivity (Wildman–Crippen MR) is 103 cm³/mol. The largest absolute Gasteiger partial charge is 0.387 e. The Morgan fingerprint density at radius 1 is 0.469 bits per heavy atom. The van der Waals surface area contributed by atoms with Crippen LogP contribution in [0.5, 0.6) is 0 Å². The Labute approximate surface area is 186 Å². The highest BCUT2D eigenvalue weighted by Gasteiger charge is 2.65. The van der Waals surface area contributed by atoms with Crippen LogP contribution < -0.4 is 0 Å². The SMILES string of the molecule is O[C@@H]1OC(C2O[C@@H]3OC4(CCCCC4)O[C@@H]3[C@H]2O)O[C@H]2[C@@H]3OC4(CCCCC4)O[C@@H]3O[C@H]21. The summed E-state index contributed by atoms with van der Waals surface area (Å²) in [6.07, 6.45) is 2.00. The Kier molecular flexibility index (Phi) is 4.94. The zero-order valence-corrected chi connectivity index (χ0v) is 18.0. The molecule has 5 heterocycles. The van der Waals surface area contributed by atoms with Gasteiger partial charge < -0.3 is 48.1 Å². The van der Waals surface area contributed by atoms with Crippen molar-refractivity contribution >= 4 is 0 Å². The Bertz CT molecular complexity index is 722. The molecule has 32 heavy (non-hydrogen) atoms. The molecule has 2 aliphatic carbocycles. The summed E-state index contributed by atoms with van der Waals surface area (Å²) >= 11 is 0. The zero-order chi connectivity index (χ0) is 21.5. The minimum atomic E-state index is -1.25. The number of ether oxygens (including phenoxy) is 8. The summed E-state index contributed by atoms with van der Waals surface area (Å²) < 4.78 is 48.5. The van der Waals surface area contributed by atoms with Crippen molar-refractivity contribution in [1.82, 2.24) is 0 Å². The van der Waals surface area contributed by atoms with Crippen molar-refractivity contribution < 1.29 is 48.1 Å². The minimum Gasteiger partial charge on any atom is -0.387 e. The van der Waals surface area contributed by atoms with Gasteiger partial charge >= 0.3 is 0 Å². The Morgan fingerprint density at radius 3 is 1.62 bits per heavy atom. The normalized spacial score (nSPS) is 53.4. The van der Waals surface area contributed by atoms with Gasteiger partial charge in [-0.25, -0.2) is 0 Å². The molecule has 180 valence electrons. The van der Waals surface area contributed by atoms with Gasteiger partial charge in [0.05, 0.1) is 0 Å². The van der Waals surface area contributed by atoms with Crippen molar-refractivity contribution in [1.29, 1.82) is 0 Å². The minimum absolute atomic E-state index is 0.463. The van der Waals surface area contributed by atoms with Crippen molar-refractivity contribution in [2.45, 2.75) is 138 Å². The second-order valence-corrected chi connectivity index (χ2v) is 10.3. The van der Waals surface area contributed by atoms with Gasteiger partial charge in [0.2, 0.25) is 0 Å². The van der Waals surface area contributed by atoms with Crippen molar-refractivity contribution in [2.24, 2.45) is 0 Å². The third kappa shape index (κ3) is 3.16. The number of rotatable bonds is 1. The second-order valence-electron chi connectivity index (χ2n) is 10.3. The van der Waals surface area contributed by atoms with E-state index in [1.54, 1.807) is 0 Å². The number of hydrogen-bond acceptors (Lipinski definition) is 10. The van der Waals surface area contributed by atoms with E-state index in [0.29, 0.717) is 0 Å². The molecule has 10 nitrogen and oxygen atoms in total. The maximum atomic E-state index is 11.0. The van der Waals surface area contributed by atoms with Crippen LogP contribution in [0, 0.1) is 0 Å². The number of fused-ring (bicyclic) bond motifs is 4. The molecular formula is C22H32O10. The third-order valence-corrected chi connectivity index (χ3v) is 8.15. The standard InChI is InChI=1S/C22H32O10/c23-11-12(25-19-13(11)29-21(31-19)7-3-1-4-8-21)18-26-14-15(17(24)28-18)27-20-16(14)30-22(32-20)9-5-2-6-10-22/h11-20,23-24H,1-10H2/t11-,12?,13+,14+,15+,16-,17+,18?,19+,20-/m0/s1. The van der Waals surface area contributed by atoms with E-state index in [1.807, 2.05) is 0 Å². The summed E-state index contributed by atoms with van der Waals surface area (Å²) in [6, 6.07) is 0. The van der Waals surface area contributed by atoms with Crippen LogP contribution in [0.1, 0.15) is 64.2 Å². The Hall–Kier alpha value is -0.400. The van der Waals surface area contributed by atoms with E-state index >= 15 is 0 Å². The molecule has 0 bridgehead atoms. The van der Waals surface area contributed by atoms with Crippen LogP contribution >= 0.6 is 0 Å². The van der Waals surface area contributed by atoms with Gasteiger partial charge in [0.1, 0.15) is 36.6 Å². The lowest BCUT2D eigenvalue weighted by Gasteiger charge is -2.41. The fourth-order valence-corrected chi connectivity index (χ4v) is 6.54. The van der Waals surface area contributed by atoms with Crippen LogP contribution in [0.3, 0.4) is 0 Å². The lowest BCUT2D eigenvalue weighted by atomic mass is 9.94. The average Bonchev–Trinajstić information content (AvgIpc) is 3.49. The quantitative estimate of drug-likeness (QED) is 0.592. The van der Waals surface area contributed by atoms with Crippen LogP contribution in [0.15, 0.2) is 0 Å². The first-order chi connectivity index (χ1) is 15.5. The average molecular weight is 456 g/mol. The summed E-state index contributed by atoms with van der Waals surface area (Å²) in [5.74, 6) is -1.29. The molecule has 2 spiro atoms. The summed E-state index contributed by atoms with van der Waals surface area (Å²) in [5.41, 5.74) is 0. The molecule has 5 saturated heterocycles.